The minimum absolute atomic E-state index is 0.657. The van der Waals surface area contributed by atoms with E-state index in [4.69, 9.17) is 5.90 Å². The Morgan fingerprint density at radius 3 is 2.67 bits per heavy atom. The summed E-state index contributed by atoms with van der Waals surface area (Å²) in [6.07, 6.45) is 0. The van der Waals surface area contributed by atoms with Crippen LogP contribution >= 0.6 is 15.9 Å². The van der Waals surface area contributed by atoms with Crippen molar-refractivity contribution in [3.05, 3.63) is 28.7 Å². The molecule has 1 rings (SSSR count). The van der Waals surface area contributed by atoms with Crippen molar-refractivity contribution in [3.8, 4) is 5.75 Å². The molecule has 0 aliphatic rings. The van der Waals surface area contributed by atoms with Crippen LogP contribution in [0, 0.1) is 0 Å². The largest absolute Gasteiger partial charge is 0.411 e. The summed E-state index contributed by atoms with van der Waals surface area (Å²) in [5.74, 6) is 5.55. The summed E-state index contributed by atoms with van der Waals surface area (Å²) in [7, 11) is 0. The van der Waals surface area contributed by atoms with Crippen molar-refractivity contribution in [3.63, 3.8) is 0 Å². The fourth-order valence-corrected chi connectivity index (χ4v) is 0.919. The quantitative estimate of drug-likeness (QED) is 0.680. The molecule has 48 valence electrons. The first-order valence-corrected chi connectivity index (χ1v) is 3.24. The van der Waals surface area contributed by atoms with Crippen LogP contribution in [0.15, 0.2) is 28.7 Å². The molecule has 0 fully saturated rings. The normalized spacial score (nSPS) is 9.11. The van der Waals surface area contributed by atoms with Gasteiger partial charge < -0.3 is 4.84 Å². The van der Waals surface area contributed by atoms with Crippen LogP contribution in [0.4, 0.5) is 0 Å². The molecule has 0 aromatic heterocycles. The summed E-state index contributed by atoms with van der Waals surface area (Å²) in [4.78, 5) is 4.46. The number of rotatable bonds is 1. The van der Waals surface area contributed by atoms with Crippen molar-refractivity contribution in [1.29, 1.82) is 0 Å². The van der Waals surface area contributed by atoms with Gasteiger partial charge in [-0.15, -0.1) is 0 Å². The molecule has 0 amide bonds. The van der Waals surface area contributed by atoms with Crippen molar-refractivity contribution in [2.24, 2.45) is 5.90 Å². The van der Waals surface area contributed by atoms with Gasteiger partial charge in [-0.2, -0.15) is 5.90 Å². The minimum atomic E-state index is 0.657. The van der Waals surface area contributed by atoms with E-state index in [1.807, 2.05) is 12.1 Å². The Hall–Kier alpha value is -0.540. The highest BCUT2D eigenvalue weighted by Crippen LogP contribution is 2.15. The molecule has 0 saturated heterocycles. The van der Waals surface area contributed by atoms with E-state index in [9.17, 15) is 0 Å². The summed E-state index contributed by atoms with van der Waals surface area (Å²) >= 11 is 3.27. The molecule has 0 spiro atoms. The molecule has 0 heterocycles. The van der Waals surface area contributed by atoms with Crippen LogP contribution < -0.4 is 10.7 Å². The fraction of sp³-hybridized carbons (Fsp3) is 0. The second-order valence-electron chi connectivity index (χ2n) is 1.58. The van der Waals surface area contributed by atoms with Gasteiger partial charge in [-0.05, 0) is 18.2 Å². The molecule has 0 radical (unpaired) electrons. The highest BCUT2D eigenvalue weighted by atomic mass is 79.9. The van der Waals surface area contributed by atoms with Crippen LogP contribution in [-0.2, 0) is 0 Å². The Balaban J connectivity index is 2.94. The van der Waals surface area contributed by atoms with Gasteiger partial charge in [0.15, 0.2) is 0 Å². The van der Waals surface area contributed by atoms with Gasteiger partial charge in [0.2, 0.25) is 0 Å². The maximum Gasteiger partial charge on any atom is 0.147 e. The van der Waals surface area contributed by atoms with Gasteiger partial charge in [0, 0.05) is 4.47 Å². The van der Waals surface area contributed by atoms with Crippen LogP contribution in [0.3, 0.4) is 0 Å². The molecule has 0 bridgehead atoms. The molecule has 0 aliphatic heterocycles. The lowest BCUT2D eigenvalue weighted by molar-refractivity contribution is 0.334. The van der Waals surface area contributed by atoms with E-state index in [0.717, 1.165) is 4.47 Å². The SMILES string of the molecule is NOc1cccc(Br)c1. The van der Waals surface area contributed by atoms with E-state index < -0.39 is 0 Å². The first kappa shape index (κ1) is 6.58. The number of hydrogen-bond acceptors (Lipinski definition) is 2. The minimum Gasteiger partial charge on any atom is -0.411 e. The second-order valence-corrected chi connectivity index (χ2v) is 2.49. The molecule has 0 aliphatic carbocycles. The summed E-state index contributed by atoms with van der Waals surface area (Å²) in [6, 6.07) is 7.33. The maximum atomic E-state index is 4.90. The fourth-order valence-electron chi connectivity index (χ4n) is 0.540. The highest BCUT2D eigenvalue weighted by molar-refractivity contribution is 9.10. The molecular formula is C6H6BrNO. The van der Waals surface area contributed by atoms with Crippen LogP contribution in [-0.4, -0.2) is 0 Å². The molecule has 1 aromatic carbocycles. The molecule has 2 N–H and O–H groups in total. The summed E-state index contributed by atoms with van der Waals surface area (Å²) in [5, 5.41) is 0. The monoisotopic (exact) mass is 187 g/mol. The average Bonchev–Trinajstić information content (AvgIpc) is 1.88. The summed E-state index contributed by atoms with van der Waals surface area (Å²) in [6.45, 7) is 0. The van der Waals surface area contributed by atoms with E-state index >= 15 is 0 Å². The lowest BCUT2D eigenvalue weighted by atomic mass is 10.3. The van der Waals surface area contributed by atoms with Crippen molar-refractivity contribution in [1.82, 2.24) is 0 Å². The Labute approximate surface area is 61.7 Å². The third-order valence-corrected chi connectivity index (χ3v) is 1.43. The van der Waals surface area contributed by atoms with Crippen molar-refractivity contribution >= 4 is 15.9 Å². The molecule has 0 unspecified atom stereocenters. The van der Waals surface area contributed by atoms with Gasteiger partial charge in [0.25, 0.3) is 0 Å². The molecule has 3 heteroatoms. The van der Waals surface area contributed by atoms with Gasteiger partial charge >= 0.3 is 0 Å². The Morgan fingerprint density at radius 2 is 2.22 bits per heavy atom. The molecule has 0 atom stereocenters. The van der Waals surface area contributed by atoms with Crippen LogP contribution in [0.25, 0.3) is 0 Å². The van der Waals surface area contributed by atoms with E-state index in [0.29, 0.717) is 5.75 Å². The van der Waals surface area contributed by atoms with Gasteiger partial charge in [-0.3, -0.25) is 0 Å². The summed E-state index contributed by atoms with van der Waals surface area (Å²) < 4.78 is 0.963. The summed E-state index contributed by atoms with van der Waals surface area (Å²) in [5.41, 5.74) is 0. The topological polar surface area (TPSA) is 35.2 Å². The van der Waals surface area contributed by atoms with Crippen molar-refractivity contribution in [2.45, 2.75) is 0 Å². The third-order valence-electron chi connectivity index (χ3n) is 0.932. The van der Waals surface area contributed by atoms with Gasteiger partial charge in [0.05, 0.1) is 0 Å². The van der Waals surface area contributed by atoms with E-state index in [2.05, 4.69) is 20.8 Å². The predicted molar refractivity (Wildman–Crippen MR) is 39.0 cm³/mol. The number of nitrogens with two attached hydrogens (primary N) is 1. The van der Waals surface area contributed by atoms with E-state index in [-0.39, 0.29) is 0 Å². The van der Waals surface area contributed by atoms with Crippen molar-refractivity contribution in [2.75, 3.05) is 0 Å². The average molecular weight is 188 g/mol. The first-order chi connectivity index (χ1) is 4.33. The smallest absolute Gasteiger partial charge is 0.147 e. The molecule has 2 nitrogen and oxygen atoms in total. The van der Waals surface area contributed by atoms with E-state index in [1.54, 1.807) is 12.1 Å². The van der Waals surface area contributed by atoms with Crippen LogP contribution in [0.2, 0.25) is 0 Å². The lowest BCUT2D eigenvalue weighted by Crippen LogP contribution is -2.00. The van der Waals surface area contributed by atoms with Gasteiger partial charge in [-0.1, -0.05) is 22.0 Å². The molecular weight excluding hydrogens is 182 g/mol. The third kappa shape index (κ3) is 1.69. The van der Waals surface area contributed by atoms with Crippen LogP contribution in [0.1, 0.15) is 0 Å². The number of halogens is 1. The van der Waals surface area contributed by atoms with Gasteiger partial charge in [-0.25, -0.2) is 0 Å². The number of benzene rings is 1. The Morgan fingerprint density at radius 1 is 1.44 bits per heavy atom. The highest BCUT2D eigenvalue weighted by Gasteiger charge is 1.89. The Kier molecular flexibility index (Phi) is 2.08. The Bertz CT molecular complexity index is 202. The zero-order valence-electron chi connectivity index (χ0n) is 4.67. The maximum absolute atomic E-state index is 4.90. The predicted octanol–water partition coefficient (Wildman–Crippen LogP) is 1.70. The molecule has 0 saturated carbocycles. The zero-order chi connectivity index (χ0) is 6.69. The molecule has 9 heavy (non-hydrogen) atoms. The van der Waals surface area contributed by atoms with Gasteiger partial charge in [0.1, 0.15) is 5.75 Å². The standard InChI is InChI=1S/C6H6BrNO/c7-5-2-1-3-6(4-5)9-8/h1-4H,8H2. The van der Waals surface area contributed by atoms with E-state index in [1.165, 1.54) is 0 Å². The first-order valence-electron chi connectivity index (χ1n) is 2.45. The number of hydrogen-bond donors (Lipinski definition) is 1. The van der Waals surface area contributed by atoms with Crippen LogP contribution in [0.5, 0.6) is 5.75 Å². The second kappa shape index (κ2) is 2.85. The molecule has 1 aromatic rings. The van der Waals surface area contributed by atoms with Crippen molar-refractivity contribution < 1.29 is 4.84 Å². The lowest BCUT2D eigenvalue weighted by Gasteiger charge is -1.95. The zero-order valence-corrected chi connectivity index (χ0v) is 6.26.